The third kappa shape index (κ3) is 4.64. The molecule has 116 valence electrons. The maximum absolute atomic E-state index is 11.8. The van der Waals surface area contributed by atoms with Gasteiger partial charge in [0.25, 0.3) is 0 Å². The summed E-state index contributed by atoms with van der Waals surface area (Å²) in [6, 6.07) is 19.4. The van der Waals surface area contributed by atoms with Crippen LogP contribution in [-0.4, -0.2) is 21.1 Å². The highest BCUT2D eigenvalue weighted by Gasteiger charge is 2.10. The molecule has 0 amide bonds. The summed E-state index contributed by atoms with van der Waals surface area (Å²) in [7, 11) is 0. The molecule has 0 aliphatic rings. The van der Waals surface area contributed by atoms with E-state index in [1.807, 2.05) is 60.7 Å². The van der Waals surface area contributed by atoms with Crippen molar-refractivity contribution in [2.24, 2.45) is 0 Å². The highest BCUT2D eigenvalue weighted by Crippen LogP contribution is 2.25. The number of benzene rings is 2. The van der Waals surface area contributed by atoms with E-state index in [1.54, 1.807) is 0 Å². The summed E-state index contributed by atoms with van der Waals surface area (Å²) in [4.78, 5) is 16.2. The summed E-state index contributed by atoms with van der Waals surface area (Å²) in [6.07, 6.45) is 0. The van der Waals surface area contributed by atoms with E-state index in [4.69, 9.17) is 4.74 Å². The number of esters is 1. The standard InChI is InChI=1S/C17H14N2O2S2/c20-15(21-11-13-7-3-1-4-8-13)12-22-17-18-16(19-23-17)14-9-5-2-6-10-14/h1-10H,11-12H2. The Balaban J connectivity index is 1.49. The number of carbonyl (C=O) groups is 1. The van der Waals surface area contributed by atoms with Crippen molar-refractivity contribution in [3.8, 4) is 11.4 Å². The molecule has 2 aromatic carbocycles. The third-order valence-corrected chi connectivity index (χ3v) is 4.80. The van der Waals surface area contributed by atoms with E-state index in [1.165, 1.54) is 23.3 Å². The van der Waals surface area contributed by atoms with Crippen LogP contribution in [0.4, 0.5) is 0 Å². The van der Waals surface area contributed by atoms with Crippen molar-refractivity contribution in [2.45, 2.75) is 10.9 Å². The van der Waals surface area contributed by atoms with E-state index in [0.717, 1.165) is 15.5 Å². The van der Waals surface area contributed by atoms with Crippen LogP contribution >= 0.6 is 23.3 Å². The second-order valence-electron chi connectivity index (χ2n) is 4.68. The summed E-state index contributed by atoms with van der Waals surface area (Å²) in [5.41, 5.74) is 1.95. The fourth-order valence-corrected chi connectivity index (χ4v) is 3.29. The van der Waals surface area contributed by atoms with E-state index in [9.17, 15) is 4.79 Å². The number of ether oxygens (including phenoxy) is 1. The number of carbonyl (C=O) groups excluding carboxylic acids is 1. The molecule has 0 aliphatic carbocycles. The predicted octanol–water partition coefficient (Wildman–Crippen LogP) is 4.04. The Morgan fingerprint density at radius 2 is 1.74 bits per heavy atom. The number of hydrogen-bond donors (Lipinski definition) is 0. The molecule has 0 radical (unpaired) electrons. The summed E-state index contributed by atoms with van der Waals surface area (Å²) in [5.74, 6) is 0.669. The van der Waals surface area contributed by atoms with Crippen LogP contribution in [0.2, 0.25) is 0 Å². The van der Waals surface area contributed by atoms with Gasteiger partial charge in [0.2, 0.25) is 0 Å². The Morgan fingerprint density at radius 1 is 1.04 bits per heavy atom. The second kappa shape index (κ2) is 7.89. The van der Waals surface area contributed by atoms with Crippen molar-refractivity contribution in [2.75, 3.05) is 5.75 Å². The molecular weight excluding hydrogens is 328 g/mol. The molecule has 0 fully saturated rings. The predicted molar refractivity (Wildman–Crippen MR) is 92.3 cm³/mol. The minimum absolute atomic E-state index is 0.232. The van der Waals surface area contributed by atoms with Crippen LogP contribution in [0, 0.1) is 0 Å². The molecule has 3 rings (SSSR count). The van der Waals surface area contributed by atoms with Gasteiger partial charge in [-0.2, -0.15) is 4.37 Å². The lowest BCUT2D eigenvalue weighted by Crippen LogP contribution is -2.07. The van der Waals surface area contributed by atoms with Gasteiger partial charge in [0, 0.05) is 5.56 Å². The van der Waals surface area contributed by atoms with Crippen LogP contribution in [0.15, 0.2) is 65.0 Å². The molecule has 23 heavy (non-hydrogen) atoms. The normalized spacial score (nSPS) is 10.4. The van der Waals surface area contributed by atoms with Gasteiger partial charge in [0.1, 0.15) is 6.61 Å². The van der Waals surface area contributed by atoms with Crippen LogP contribution in [0.3, 0.4) is 0 Å². The molecule has 0 atom stereocenters. The van der Waals surface area contributed by atoms with Gasteiger partial charge in [0.05, 0.1) is 5.75 Å². The van der Waals surface area contributed by atoms with Crippen LogP contribution in [-0.2, 0) is 16.1 Å². The minimum Gasteiger partial charge on any atom is -0.460 e. The largest absolute Gasteiger partial charge is 0.460 e. The van der Waals surface area contributed by atoms with Gasteiger partial charge < -0.3 is 4.74 Å². The molecule has 0 N–H and O–H groups in total. The highest BCUT2D eigenvalue weighted by atomic mass is 32.2. The first-order chi connectivity index (χ1) is 11.3. The zero-order valence-electron chi connectivity index (χ0n) is 12.2. The van der Waals surface area contributed by atoms with Crippen LogP contribution in [0.1, 0.15) is 5.56 Å². The highest BCUT2D eigenvalue weighted by molar-refractivity contribution is 8.01. The first-order valence-electron chi connectivity index (χ1n) is 7.03. The number of hydrogen-bond acceptors (Lipinski definition) is 6. The van der Waals surface area contributed by atoms with Gasteiger partial charge >= 0.3 is 5.97 Å². The number of aromatic nitrogens is 2. The van der Waals surface area contributed by atoms with Crippen LogP contribution < -0.4 is 0 Å². The Hall–Kier alpha value is -2.18. The zero-order chi connectivity index (χ0) is 15.9. The monoisotopic (exact) mass is 342 g/mol. The molecule has 0 unspecified atom stereocenters. The average molecular weight is 342 g/mol. The molecule has 6 heteroatoms. The lowest BCUT2D eigenvalue weighted by molar-refractivity contribution is -0.141. The van der Waals surface area contributed by atoms with Gasteiger partial charge in [0.15, 0.2) is 10.2 Å². The summed E-state index contributed by atoms with van der Waals surface area (Å²) in [6.45, 7) is 0.297. The smallest absolute Gasteiger partial charge is 0.316 e. The zero-order valence-corrected chi connectivity index (χ0v) is 13.8. The first-order valence-corrected chi connectivity index (χ1v) is 8.78. The molecule has 1 heterocycles. The van der Waals surface area contributed by atoms with E-state index in [2.05, 4.69) is 9.36 Å². The topological polar surface area (TPSA) is 52.1 Å². The van der Waals surface area contributed by atoms with E-state index in [0.29, 0.717) is 12.4 Å². The maximum atomic E-state index is 11.8. The number of thioether (sulfide) groups is 1. The Kier molecular flexibility index (Phi) is 5.39. The maximum Gasteiger partial charge on any atom is 0.316 e. The van der Waals surface area contributed by atoms with Gasteiger partial charge in [-0.1, -0.05) is 72.4 Å². The van der Waals surface area contributed by atoms with E-state index < -0.39 is 0 Å². The minimum atomic E-state index is -0.254. The van der Waals surface area contributed by atoms with Crippen molar-refractivity contribution < 1.29 is 9.53 Å². The van der Waals surface area contributed by atoms with Crippen LogP contribution in [0.5, 0.6) is 0 Å². The SMILES string of the molecule is O=C(CSc1nc(-c2ccccc2)ns1)OCc1ccccc1. The molecule has 0 saturated heterocycles. The summed E-state index contributed by atoms with van der Waals surface area (Å²) >= 11 is 2.64. The lowest BCUT2D eigenvalue weighted by Gasteiger charge is -2.03. The number of rotatable bonds is 6. The van der Waals surface area contributed by atoms with Crippen molar-refractivity contribution >= 4 is 29.3 Å². The molecule has 0 saturated carbocycles. The van der Waals surface area contributed by atoms with Gasteiger partial charge in [-0.3, -0.25) is 4.79 Å². The van der Waals surface area contributed by atoms with Crippen molar-refractivity contribution in [1.82, 2.24) is 9.36 Å². The van der Waals surface area contributed by atoms with Crippen molar-refractivity contribution in [3.63, 3.8) is 0 Å². The molecule has 0 spiro atoms. The molecule has 0 bridgehead atoms. The summed E-state index contributed by atoms with van der Waals surface area (Å²) in [5, 5.41) is 0. The second-order valence-corrected chi connectivity index (χ2v) is 6.66. The molecule has 4 nitrogen and oxygen atoms in total. The Labute approximate surface area is 142 Å². The fourth-order valence-electron chi connectivity index (χ4n) is 1.87. The quantitative estimate of drug-likeness (QED) is 0.500. The summed E-state index contributed by atoms with van der Waals surface area (Å²) < 4.78 is 10.3. The third-order valence-electron chi connectivity index (χ3n) is 3.00. The molecule has 1 aromatic heterocycles. The van der Waals surface area contributed by atoms with E-state index in [-0.39, 0.29) is 11.7 Å². The van der Waals surface area contributed by atoms with Crippen molar-refractivity contribution in [1.29, 1.82) is 0 Å². The fraction of sp³-hybridized carbons (Fsp3) is 0.118. The van der Waals surface area contributed by atoms with Crippen molar-refractivity contribution in [3.05, 3.63) is 66.2 Å². The molecular formula is C17H14N2O2S2. The van der Waals surface area contributed by atoms with E-state index >= 15 is 0 Å². The van der Waals surface area contributed by atoms with Gasteiger partial charge in [-0.05, 0) is 17.1 Å². The Morgan fingerprint density at radius 3 is 2.48 bits per heavy atom. The molecule has 3 aromatic rings. The first kappa shape index (κ1) is 15.7. The Bertz CT molecular complexity index is 761. The molecule has 0 aliphatic heterocycles. The van der Waals surface area contributed by atoms with Gasteiger partial charge in [-0.15, -0.1) is 0 Å². The lowest BCUT2D eigenvalue weighted by atomic mass is 10.2. The average Bonchev–Trinajstić information content (AvgIpc) is 3.09. The van der Waals surface area contributed by atoms with Gasteiger partial charge in [-0.25, -0.2) is 4.98 Å². The van der Waals surface area contributed by atoms with Crippen LogP contribution in [0.25, 0.3) is 11.4 Å². The number of nitrogens with zero attached hydrogens (tertiary/aromatic N) is 2.